The molecule has 24 heavy (non-hydrogen) atoms. The van der Waals surface area contributed by atoms with Gasteiger partial charge in [-0.15, -0.1) is 0 Å². The first-order valence-electron chi connectivity index (χ1n) is 8.43. The second-order valence-electron chi connectivity index (χ2n) is 6.73. The minimum Gasteiger partial charge on any atom is -0.481 e. The van der Waals surface area contributed by atoms with E-state index >= 15 is 0 Å². The van der Waals surface area contributed by atoms with Crippen molar-refractivity contribution in [1.82, 2.24) is 0 Å². The normalized spacial score (nSPS) is 12.1. The number of hydrogen-bond acceptors (Lipinski definition) is 2. The molecule has 0 saturated heterocycles. The summed E-state index contributed by atoms with van der Waals surface area (Å²) in [6.45, 7) is 12.2. The van der Waals surface area contributed by atoms with Gasteiger partial charge in [-0.2, -0.15) is 0 Å². The molecule has 0 heterocycles. The summed E-state index contributed by atoms with van der Waals surface area (Å²) < 4.78 is 5.89. The average molecular weight is 325 g/mol. The Morgan fingerprint density at radius 3 is 2.21 bits per heavy atom. The fourth-order valence-electron chi connectivity index (χ4n) is 2.56. The van der Waals surface area contributed by atoms with Crippen LogP contribution in [0.1, 0.15) is 48.9 Å². The van der Waals surface area contributed by atoms with E-state index in [0.717, 1.165) is 22.6 Å². The molecule has 128 valence electrons. The summed E-state index contributed by atoms with van der Waals surface area (Å²) in [7, 11) is 0. The third-order valence-corrected chi connectivity index (χ3v) is 4.28. The van der Waals surface area contributed by atoms with Crippen LogP contribution < -0.4 is 10.1 Å². The highest BCUT2D eigenvalue weighted by Crippen LogP contribution is 2.24. The number of amides is 1. The molecule has 2 aromatic rings. The predicted octanol–water partition coefficient (Wildman–Crippen LogP) is 5.14. The molecule has 1 N–H and O–H groups in total. The van der Waals surface area contributed by atoms with E-state index < -0.39 is 6.10 Å². The summed E-state index contributed by atoms with van der Waals surface area (Å²) in [6, 6.07) is 12.0. The van der Waals surface area contributed by atoms with Gasteiger partial charge in [-0.25, -0.2) is 0 Å². The van der Waals surface area contributed by atoms with Gasteiger partial charge in [0, 0.05) is 5.69 Å². The Bertz CT molecular complexity index is 717. The van der Waals surface area contributed by atoms with Crippen molar-refractivity contribution in [3.8, 4) is 5.75 Å². The number of carbonyl (C=O) groups excluding carboxylic acids is 1. The molecule has 3 heteroatoms. The SMILES string of the molecule is Cc1cc(C)c(C)c(OC(C)C(=O)Nc2ccc(C(C)C)cc2)c1. The monoisotopic (exact) mass is 325 g/mol. The molecular formula is C21H27NO2. The minimum atomic E-state index is -0.560. The van der Waals surface area contributed by atoms with Crippen LogP contribution in [0.25, 0.3) is 0 Å². The van der Waals surface area contributed by atoms with Gasteiger partial charge < -0.3 is 10.1 Å². The van der Waals surface area contributed by atoms with Crippen molar-refractivity contribution < 1.29 is 9.53 Å². The summed E-state index contributed by atoms with van der Waals surface area (Å²) >= 11 is 0. The topological polar surface area (TPSA) is 38.3 Å². The van der Waals surface area contributed by atoms with Crippen LogP contribution in [0.3, 0.4) is 0 Å². The number of anilines is 1. The van der Waals surface area contributed by atoms with Gasteiger partial charge in [-0.05, 0) is 74.1 Å². The molecule has 1 atom stereocenters. The van der Waals surface area contributed by atoms with E-state index in [0.29, 0.717) is 5.92 Å². The zero-order valence-electron chi connectivity index (χ0n) is 15.4. The Morgan fingerprint density at radius 2 is 1.62 bits per heavy atom. The molecule has 0 aliphatic rings. The van der Waals surface area contributed by atoms with Crippen molar-refractivity contribution in [3.63, 3.8) is 0 Å². The lowest BCUT2D eigenvalue weighted by atomic mass is 10.0. The van der Waals surface area contributed by atoms with E-state index in [4.69, 9.17) is 4.74 Å². The van der Waals surface area contributed by atoms with E-state index in [1.807, 2.05) is 44.2 Å². The highest BCUT2D eigenvalue weighted by Gasteiger charge is 2.16. The van der Waals surface area contributed by atoms with Crippen molar-refractivity contribution in [2.24, 2.45) is 0 Å². The van der Waals surface area contributed by atoms with Crippen molar-refractivity contribution >= 4 is 11.6 Å². The fraction of sp³-hybridized carbons (Fsp3) is 0.381. The molecule has 0 aliphatic carbocycles. The second kappa shape index (κ2) is 7.52. The predicted molar refractivity (Wildman–Crippen MR) is 99.9 cm³/mol. The van der Waals surface area contributed by atoms with Crippen molar-refractivity contribution in [2.75, 3.05) is 5.32 Å². The van der Waals surface area contributed by atoms with Crippen molar-refractivity contribution in [2.45, 2.75) is 53.6 Å². The molecule has 0 fully saturated rings. The molecule has 0 bridgehead atoms. The molecule has 0 spiro atoms. The average Bonchev–Trinajstić information content (AvgIpc) is 2.52. The second-order valence-corrected chi connectivity index (χ2v) is 6.73. The fourth-order valence-corrected chi connectivity index (χ4v) is 2.56. The van der Waals surface area contributed by atoms with Crippen LogP contribution in [-0.4, -0.2) is 12.0 Å². The largest absolute Gasteiger partial charge is 0.481 e. The van der Waals surface area contributed by atoms with E-state index in [-0.39, 0.29) is 5.91 Å². The van der Waals surface area contributed by atoms with Crippen LogP contribution in [0, 0.1) is 20.8 Å². The van der Waals surface area contributed by atoms with Gasteiger partial charge in [0.15, 0.2) is 6.10 Å². The van der Waals surface area contributed by atoms with Crippen LogP contribution in [0.15, 0.2) is 36.4 Å². The Morgan fingerprint density at radius 1 is 1.00 bits per heavy atom. The molecule has 0 saturated carbocycles. The molecule has 3 nitrogen and oxygen atoms in total. The highest BCUT2D eigenvalue weighted by atomic mass is 16.5. The molecule has 1 amide bonds. The van der Waals surface area contributed by atoms with E-state index in [9.17, 15) is 4.79 Å². The summed E-state index contributed by atoms with van der Waals surface area (Å²) in [4.78, 5) is 12.4. The molecule has 1 unspecified atom stereocenters. The van der Waals surface area contributed by atoms with Gasteiger partial charge >= 0.3 is 0 Å². The van der Waals surface area contributed by atoms with E-state index in [2.05, 4.69) is 32.2 Å². The number of nitrogens with one attached hydrogen (secondary N) is 1. The van der Waals surface area contributed by atoms with Crippen molar-refractivity contribution in [3.05, 3.63) is 58.7 Å². The first kappa shape index (κ1) is 18.1. The first-order chi connectivity index (χ1) is 11.3. The Kier molecular flexibility index (Phi) is 5.66. The lowest BCUT2D eigenvalue weighted by molar-refractivity contribution is -0.122. The summed E-state index contributed by atoms with van der Waals surface area (Å²) in [5.74, 6) is 1.10. The molecule has 0 aromatic heterocycles. The summed E-state index contributed by atoms with van der Waals surface area (Å²) in [6.07, 6.45) is -0.560. The molecular weight excluding hydrogens is 298 g/mol. The zero-order valence-corrected chi connectivity index (χ0v) is 15.4. The maximum Gasteiger partial charge on any atom is 0.265 e. The standard InChI is InChI=1S/C21H27NO2/c1-13(2)18-7-9-19(10-8-18)22-21(23)17(6)24-20-12-14(3)11-15(4)16(20)5/h7-13,17H,1-6H3,(H,22,23). The van der Waals surface area contributed by atoms with Crippen LogP contribution in [0.5, 0.6) is 5.75 Å². The van der Waals surface area contributed by atoms with Gasteiger partial charge in [-0.1, -0.05) is 32.0 Å². The third kappa shape index (κ3) is 4.38. The zero-order chi connectivity index (χ0) is 17.9. The number of rotatable bonds is 5. The molecule has 0 radical (unpaired) electrons. The smallest absolute Gasteiger partial charge is 0.265 e. The lowest BCUT2D eigenvalue weighted by Gasteiger charge is -2.18. The Labute approximate surface area is 145 Å². The van der Waals surface area contributed by atoms with Crippen LogP contribution >= 0.6 is 0 Å². The number of aryl methyl sites for hydroxylation is 2. The number of hydrogen-bond donors (Lipinski definition) is 1. The third-order valence-electron chi connectivity index (χ3n) is 4.28. The molecule has 2 rings (SSSR count). The number of ether oxygens (including phenoxy) is 1. The van der Waals surface area contributed by atoms with E-state index in [1.54, 1.807) is 6.92 Å². The first-order valence-corrected chi connectivity index (χ1v) is 8.43. The van der Waals surface area contributed by atoms with Gasteiger partial charge in [0.25, 0.3) is 5.91 Å². The molecule has 2 aromatic carbocycles. The maximum absolute atomic E-state index is 12.4. The lowest BCUT2D eigenvalue weighted by Crippen LogP contribution is -2.30. The Hall–Kier alpha value is -2.29. The number of carbonyl (C=O) groups is 1. The minimum absolute atomic E-state index is 0.147. The van der Waals surface area contributed by atoms with Gasteiger partial charge in [0.2, 0.25) is 0 Å². The van der Waals surface area contributed by atoms with Crippen LogP contribution in [0.4, 0.5) is 5.69 Å². The van der Waals surface area contributed by atoms with Gasteiger partial charge in [-0.3, -0.25) is 4.79 Å². The maximum atomic E-state index is 12.4. The summed E-state index contributed by atoms with van der Waals surface area (Å²) in [5, 5.41) is 2.91. The summed E-state index contributed by atoms with van der Waals surface area (Å²) in [5.41, 5.74) is 5.41. The quantitative estimate of drug-likeness (QED) is 0.826. The van der Waals surface area contributed by atoms with Crippen molar-refractivity contribution in [1.29, 1.82) is 0 Å². The van der Waals surface area contributed by atoms with Gasteiger partial charge in [0.05, 0.1) is 0 Å². The van der Waals surface area contributed by atoms with Gasteiger partial charge in [0.1, 0.15) is 5.75 Å². The number of benzene rings is 2. The van der Waals surface area contributed by atoms with Crippen LogP contribution in [-0.2, 0) is 4.79 Å². The molecule has 0 aliphatic heterocycles. The highest BCUT2D eigenvalue weighted by molar-refractivity contribution is 5.94. The Balaban J connectivity index is 2.05. The van der Waals surface area contributed by atoms with Crippen LogP contribution in [0.2, 0.25) is 0 Å². The van der Waals surface area contributed by atoms with E-state index in [1.165, 1.54) is 11.1 Å².